The van der Waals surface area contributed by atoms with Gasteiger partial charge in [-0.2, -0.15) is 4.31 Å². The summed E-state index contributed by atoms with van der Waals surface area (Å²) in [6, 6.07) is 5.27. The molecule has 2 aromatic rings. The van der Waals surface area contributed by atoms with E-state index in [2.05, 4.69) is 5.16 Å². The van der Waals surface area contributed by atoms with Crippen molar-refractivity contribution < 1.29 is 12.9 Å². The van der Waals surface area contributed by atoms with Gasteiger partial charge in [0.1, 0.15) is 4.21 Å². The lowest BCUT2D eigenvalue weighted by Gasteiger charge is -2.18. The van der Waals surface area contributed by atoms with E-state index >= 15 is 0 Å². The molecule has 3 rings (SSSR count). The van der Waals surface area contributed by atoms with E-state index in [4.69, 9.17) is 4.52 Å². The average Bonchev–Trinajstić information content (AvgIpc) is 3.01. The minimum Gasteiger partial charge on any atom is -0.355 e. The van der Waals surface area contributed by atoms with Gasteiger partial charge in [-0.3, -0.25) is 0 Å². The highest BCUT2D eigenvalue weighted by Crippen LogP contribution is 2.33. The zero-order chi connectivity index (χ0) is 14.9. The molecule has 0 saturated carbocycles. The molecule has 1 saturated heterocycles. The van der Waals surface area contributed by atoms with Gasteiger partial charge >= 0.3 is 0 Å². The highest BCUT2D eigenvalue weighted by molar-refractivity contribution is 7.91. The van der Waals surface area contributed by atoms with Crippen LogP contribution in [-0.2, 0) is 10.0 Å². The van der Waals surface area contributed by atoms with E-state index in [1.807, 2.05) is 13.0 Å². The van der Waals surface area contributed by atoms with Crippen LogP contribution in [0.15, 0.2) is 26.9 Å². The largest absolute Gasteiger partial charge is 0.355 e. The molecular formula is C14H18N2O3S2. The summed E-state index contributed by atoms with van der Waals surface area (Å²) in [4.78, 5) is 0.795. The molecule has 0 bridgehead atoms. The van der Waals surface area contributed by atoms with Crippen LogP contribution >= 0.6 is 11.3 Å². The fourth-order valence-electron chi connectivity index (χ4n) is 2.48. The fraction of sp³-hybridized carbons (Fsp3) is 0.500. The fourth-order valence-corrected chi connectivity index (χ4v) is 5.41. The van der Waals surface area contributed by atoms with Crippen LogP contribution in [0, 0.1) is 6.92 Å². The molecular weight excluding hydrogens is 308 g/mol. The van der Waals surface area contributed by atoms with E-state index in [1.54, 1.807) is 16.4 Å². The van der Waals surface area contributed by atoms with Gasteiger partial charge in [0, 0.05) is 19.2 Å². The molecule has 7 heteroatoms. The monoisotopic (exact) mass is 326 g/mol. The molecule has 0 aromatic carbocycles. The van der Waals surface area contributed by atoms with Gasteiger partial charge in [0.2, 0.25) is 0 Å². The molecule has 1 fully saturated rings. The molecule has 0 atom stereocenters. The predicted molar refractivity (Wildman–Crippen MR) is 81.8 cm³/mol. The minimum absolute atomic E-state index is 0.383. The number of thiophene rings is 1. The summed E-state index contributed by atoms with van der Waals surface area (Å²) in [6.45, 7) is 3.09. The molecule has 0 unspecified atom stereocenters. The number of rotatable bonds is 3. The van der Waals surface area contributed by atoms with Crippen LogP contribution in [0.1, 0.15) is 31.4 Å². The van der Waals surface area contributed by atoms with Crippen molar-refractivity contribution in [3.63, 3.8) is 0 Å². The first-order valence-corrected chi connectivity index (χ1v) is 9.37. The maximum Gasteiger partial charge on any atom is 0.252 e. The van der Waals surface area contributed by atoms with Crippen LogP contribution in [-0.4, -0.2) is 31.0 Å². The van der Waals surface area contributed by atoms with Crippen LogP contribution < -0.4 is 0 Å². The maximum absolute atomic E-state index is 12.7. The molecule has 0 amide bonds. The number of hydrogen-bond donors (Lipinski definition) is 0. The molecule has 0 N–H and O–H groups in total. The van der Waals surface area contributed by atoms with Crippen molar-refractivity contribution in [1.29, 1.82) is 0 Å². The summed E-state index contributed by atoms with van der Waals surface area (Å²) >= 11 is 1.24. The van der Waals surface area contributed by atoms with Gasteiger partial charge < -0.3 is 4.52 Å². The molecule has 114 valence electrons. The van der Waals surface area contributed by atoms with Gasteiger partial charge in [-0.05, 0) is 31.9 Å². The van der Waals surface area contributed by atoms with Gasteiger partial charge in [-0.25, -0.2) is 8.42 Å². The van der Waals surface area contributed by atoms with Crippen molar-refractivity contribution >= 4 is 21.4 Å². The quantitative estimate of drug-likeness (QED) is 0.868. The smallest absolute Gasteiger partial charge is 0.252 e. The standard InChI is InChI=1S/C14H18N2O3S2/c1-11-10-12(19-15-11)13-6-7-14(20-13)21(17,18)16-8-4-2-3-5-9-16/h6-7,10H,2-5,8-9H2,1H3. The number of aryl methyl sites for hydroxylation is 1. The third kappa shape index (κ3) is 3.04. The van der Waals surface area contributed by atoms with E-state index in [0.717, 1.165) is 36.3 Å². The van der Waals surface area contributed by atoms with Crippen molar-refractivity contribution in [2.75, 3.05) is 13.1 Å². The summed E-state index contributed by atoms with van der Waals surface area (Å²) in [6.07, 6.45) is 4.11. The molecule has 0 spiro atoms. The van der Waals surface area contributed by atoms with Crippen molar-refractivity contribution in [1.82, 2.24) is 9.46 Å². The SMILES string of the molecule is Cc1cc(-c2ccc(S(=O)(=O)N3CCCCCC3)s2)on1. The Morgan fingerprint density at radius 3 is 2.52 bits per heavy atom. The summed E-state index contributed by atoms with van der Waals surface area (Å²) in [5.74, 6) is 0.620. The second-order valence-electron chi connectivity index (χ2n) is 5.27. The Hall–Kier alpha value is -1.18. The van der Waals surface area contributed by atoms with Crippen LogP contribution in [0.4, 0.5) is 0 Å². The van der Waals surface area contributed by atoms with Crippen LogP contribution in [0.25, 0.3) is 10.6 Å². The summed E-state index contributed by atoms with van der Waals surface area (Å²) < 4.78 is 32.5. The first kappa shape index (κ1) is 14.7. The third-order valence-electron chi connectivity index (χ3n) is 3.61. The molecule has 1 aliphatic heterocycles. The Morgan fingerprint density at radius 1 is 1.19 bits per heavy atom. The van der Waals surface area contributed by atoms with Crippen molar-refractivity contribution in [3.05, 3.63) is 23.9 Å². The van der Waals surface area contributed by atoms with Crippen LogP contribution in [0.2, 0.25) is 0 Å². The maximum atomic E-state index is 12.7. The third-order valence-corrected chi connectivity index (χ3v) is 7.08. The first-order valence-electron chi connectivity index (χ1n) is 7.11. The van der Waals surface area contributed by atoms with Gasteiger partial charge in [-0.1, -0.05) is 18.0 Å². The van der Waals surface area contributed by atoms with Gasteiger partial charge in [0.25, 0.3) is 10.0 Å². The molecule has 0 aliphatic carbocycles. The number of sulfonamides is 1. The topological polar surface area (TPSA) is 63.4 Å². The lowest BCUT2D eigenvalue weighted by molar-refractivity contribution is 0.425. The Balaban J connectivity index is 1.87. The number of aromatic nitrogens is 1. The summed E-state index contributed by atoms with van der Waals surface area (Å²) in [5, 5.41) is 3.84. The average molecular weight is 326 g/mol. The Labute approximate surface area is 128 Å². The molecule has 0 radical (unpaired) electrons. The zero-order valence-corrected chi connectivity index (χ0v) is 13.5. The van der Waals surface area contributed by atoms with E-state index in [0.29, 0.717) is 23.1 Å². The number of hydrogen-bond acceptors (Lipinski definition) is 5. The Morgan fingerprint density at radius 2 is 1.90 bits per heavy atom. The second-order valence-corrected chi connectivity index (χ2v) is 8.52. The molecule has 5 nitrogen and oxygen atoms in total. The van der Waals surface area contributed by atoms with Crippen molar-refractivity contribution in [2.24, 2.45) is 0 Å². The summed E-state index contributed by atoms with van der Waals surface area (Å²) in [5.41, 5.74) is 0.787. The predicted octanol–water partition coefficient (Wildman–Crippen LogP) is 3.28. The lowest BCUT2D eigenvalue weighted by atomic mass is 10.2. The molecule has 21 heavy (non-hydrogen) atoms. The Kier molecular flexibility index (Phi) is 4.14. The van der Waals surface area contributed by atoms with Crippen molar-refractivity contribution in [3.8, 4) is 10.6 Å². The van der Waals surface area contributed by atoms with Crippen LogP contribution in [0.5, 0.6) is 0 Å². The van der Waals surface area contributed by atoms with Gasteiger partial charge in [-0.15, -0.1) is 11.3 Å². The highest BCUT2D eigenvalue weighted by Gasteiger charge is 2.27. The summed E-state index contributed by atoms with van der Waals surface area (Å²) in [7, 11) is -3.38. The number of nitrogens with zero attached hydrogens (tertiary/aromatic N) is 2. The normalized spacial score (nSPS) is 17.8. The Bertz CT molecular complexity index is 710. The van der Waals surface area contributed by atoms with Crippen LogP contribution in [0.3, 0.4) is 0 Å². The lowest BCUT2D eigenvalue weighted by Crippen LogP contribution is -2.31. The first-order chi connectivity index (χ1) is 10.1. The van der Waals surface area contributed by atoms with E-state index in [9.17, 15) is 8.42 Å². The van der Waals surface area contributed by atoms with Gasteiger partial charge in [0.15, 0.2) is 5.76 Å². The zero-order valence-electron chi connectivity index (χ0n) is 11.9. The van der Waals surface area contributed by atoms with Crippen molar-refractivity contribution in [2.45, 2.75) is 36.8 Å². The highest BCUT2D eigenvalue weighted by atomic mass is 32.2. The molecule has 3 heterocycles. The minimum atomic E-state index is -3.38. The van der Waals surface area contributed by atoms with E-state index in [1.165, 1.54) is 11.3 Å². The van der Waals surface area contributed by atoms with Gasteiger partial charge in [0.05, 0.1) is 10.6 Å². The van der Waals surface area contributed by atoms with E-state index < -0.39 is 10.0 Å². The second kappa shape index (κ2) is 5.90. The molecule has 1 aliphatic rings. The van der Waals surface area contributed by atoms with E-state index in [-0.39, 0.29) is 0 Å². The molecule has 2 aromatic heterocycles.